The molecule has 0 saturated heterocycles. The van der Waals surface area contributed by atoms with Crippen LogP contribution in [0.15, 0.2) is 18.3 Å². The minimum Gasteiger partial charge on any atom is -0.315 e. The molecule has 2 rings (SSSR count). The maximum absolute atomic E-state index is 4.62. The lowest BCUT2D eigenvalue weighted by Gasteiger charge is -2.43. The third-order valence-corrected chi connectivity index (χ3v) is 4.63. The Kier molecular flexibility index (Phi) is 3.74. The summed E-state index contributed by atoms with van der Waals surface area (Å²) < 4.78 is 0. The first kappa shape index (κ1) is 13.5. The Labute approximate surface area is 111 Å². The van der Waals surface area contributed by atoms with E-state index in [1.807, 2.05) is 12.3 Å². The lowest BCUT2D eigenvalue weighted by Crippen LogP contribution is -2.56. The molecule has 0 aromatic carbocycles. The van der Waals surface area contributed by atoms with E-state index in [2.05, 4.69) is 56.3 Å². The first-order valence-corrected chi connectivity index (χ1v) is 6.77. The normalized spacial score (nSPS) is 21.1. The molecule has 2 atom stereocenters. The van der Waals surface area contributed by atoms with Crippen LogP contribution in [0.3, 0.4) is 0 Å². The van der Waals surface area contributed by atoms with Gasteiger partial charge in [0.25, 0.3) is 0 Å². The van der Waals surface area contributed by atoms with Crippen molar-refractivity contribution < 1.29 is 0 Å². The van der Waals surface area contributed by atoms with Gasteiger partial charge in [-0.15, -0.1) is 0 Å². The number of hydrogen-bond acceptors (Lipinski definition) is 3. The van der Waals surface area contributed by atoms with E-state index in [0.29, 0.717) is 12.0 Å². The Hall–Kier alpha value is -0.930. The van der Waals surface area contributed by atoms with Crippen LogP contribution in [0.1, 0.15) is 37.4 Å². The standard InChI is InChI=1S/C15H25N3/c1-15(2,18(4)5)14(16-3)12-9-8-11-7-6-10-17-13(11)12/h6-7,10,12,14,16H,8-9H2,1-5H3. The van der Waals surface area contributed by atoms with Gasteiger partial charge in [-0.25, -0.2) is 0 Å². The van der Waals surface area contributed by atoms with E-state index >= 15 is 0 Å². The molecule has 1 aliphatic carbocycles. The summed E-state index contributed by atoms with van der Waals surface area (Å²) in [6.07, 6.45) is 4.29. The Bertz CT molecular complexity index is 412. The summed E-state index contributed by atoms with van der Waals surface area (Å²) in [5.41, 5.74) is 2.84. The molecular weight excluding hydrogens is 222 g/mol. The van der Waals surface area contributed by atoms with Crippen molar-refractivity contribution in [1.29, 1.82) is 0 Å². The number of nitrogens with one attached hydrogen (secondary N) is 1. The van der Waals surface area contributed by atoms with Crippen LogP contribution in [0.4, 0.5) is 0 Å². The zero-order valence-electron chi connectivity index (χ0n) is 12.2. The molecular formula is C15H25N3. The van der Waals surface area contributed by atoms with Crippen molar-refractivity contribution in [3.8, 4) is 0 Å². The van der Waals surface area contributed by atoms with Crippen LogP contribution in [-0.2, 0) is 6.42 Å². The highest BCUT2D eigenvalue weighted by Gasteiger charge is 2.40. The molecule has 2 unspecified atom stereocenters. The lowest BCUT2D eigenvalue weighted by molar-refractivity contribution is 0.125. The molecule has 1 heterocycles. The highest BCUT2D eigenvalue weighted by atomic mass is 15.2. The van der Waals surface area contributed by atoms with Crippen LogP contribution in [0.5, 0.6) is 0 Å². The summed E-state index contributed by atoms with van der Waals surface area (Å²) in [4.78, 5) is 6.92. The largest absolute Gasteiger partial charge is 0.315 e. The Balaban J connectivity index is 2.31. The van der Waals surface area contributed by atoms with Crippen LogP contribution in [-0.4, -0.2) is 42.6 Å². The Morgan fingerprint density at radius 1 is 1.44 bits per heavy atom. The van der Waals surface area contributed by atoms with Crippen molar-refractivity contribution in [2.24, 2.45) is 0 Å². The van der Waals surface area contributed by atoms with Crippen molar-refractivity contribution >= 4 is 0 Å². The molecule has 1 N–H and O–H groups in total. The first-order valence-electron chi connectivity index (χ1n) is 6.77. The molecule has 0 saturated carbocycles. The smallest absolute Gasteiger partial charge is 0.0482 e. The maximum Gasteiger partial charge on any atom is 0.0482 e. The second kappa shape index (κ2) is 4.98. The van der Waals surface area contributed by atoms with Crippen molar-refractivity contribution in [2.45, 2.75) is 44.2 Å². The summed E-state index contributed by atoms with van der Waals surface area (Å²) in [6, 6.07) is 4.69. The topological polar surface area (TPSA) is 28.2 Å². The lowest BCUT2D eigenvalue weighted by atomic mass is 9.82. The molecule has 0 radical (unpaired) electrons. The fraction of sp³-hybridized carbons (Fsp3) is 0.667. The monoisotopic (exact) mass is 247 g/mol. The molecule has 0 amide bonds. The number of likely N-dealkylation sites (N-methyl/N-ethyl adjacent to an activating group) is 2. The van der Waals surface area contributed by atoms with E-state index in [9.17, 15) is 0 Å². The number of nitrogens with zero attached hydrogens (tertiary/aromatic N) is 2. The molecule has 0 fully saturated rings. The zero-order valence-corrected chi connectivity index (χ0v) is 12.2. The number of pyridine rings is 1. The molecule has 3 heteroatoms. The van der Waals surface area contributed by atoms with E-state index < -0.39 is 0 Å². The van der Waals surface area contributed by atoms with Crippen LogP contribution in [0.25, 0.3) is 0 Å². The molecule has 1 aromatic rings. The second-order valence-electron chi connectivity index (χ2n) is 6.01. The van der Waals surface area contributed by atoms with Crippen molar-refractivity contribution in [3.63, 3.8) is 0 Å². The molecule has 3 nitrogen and oxygen atoms in total. The van der Waals surface area contributed by atoms with Gasteiger partial charge in [-0.1, -0.05) is 6.07 Å². The molecule has 0 bridgehead atoms. The predicted molar refractivity (Wildman–Crippen MR) is 75.9 cm³/mol. The van der Waals surface area contributed by atoms with Crippen molar-refractivity contribution in [1.82, 2.24) is 15.2 Å². The fourth-order valence-corrected chi connectivity index (χ4v) is 3.09. The molecule has 100 valence electrons. The van der Waals surface area contributed by atoms with E-state index in [-0.39, 0.29) is 5.54 Å². The van der Waals surface area contributed by atoms with Gasteiger partial charge in [0.1, 0.15) is 0 Å². The summed E-state index contributed by atoms with van der Waals surface area (Å²) in [5.74, 6) is 0.517. The van der Waals surface area contributed by atoms with Crippen molar-refractivity contribution in [2.75, 3.05) is 21.1 Å². The van der Waals surface area contributed by atoms with Gasteiger partial charge in [0.15, 0.2) is 0 Å². The summed E-state index contributed by atoms with van der Waals surface area (Å²) in [6.45, 7) is 4.60. The van der Waals surface area contributed by atoms with E-state index in [1.165, 1.54) is 17.7 Å². The van der Waals surface area contributed by atoms with Crippen LogP contribution in [0, 0.1) is 0 Å². The van der Waals surface area contributed by atoms with Gasteiger partial charge in [-0.05, 0) is 59.5 Å². The minimum atomic E-state index is 0.110. The first-order chi connectivity index (χ1) is 8.48. The van der Waals surface area contributed by atoms with Crippen LogP contribution >= 0.6 is 0 Å². The average molecular weight is 247 g/mol. The second-order valence-corrected chi connectivity index (χ2v) is 6.01. The maximum atomic E-state index is 4.62. The Morgan fingerprint density at radius 3 is 2.78 bits per heavy atom. The van der Waals surface area contributed by atoms with Gasteiger partial charge in [0, 0.05) is 29.4 Å². The molecule has 0 spiro atoms. The third-order valence-electron chi connectivity index (χ3n) is 4.63. The summed E-state index contributed by atoms with van der Waals surface area (Å²) >= 11 is 0. The number of rotatable bonds is 4. The van der Waals surface area contributed by atoms with Gasteiger partial charge in [0.05, 0.1) is 0 Å². The quantitative estimate of drug-likeness (QED) is 0.882. The van der Waals surface area contributed by atoms with Gasteiger partial charge in [-0.3, -0.25) is 4.98 Å². The van der Waals surface area contributed by atoms with Gasteiger partial charge < -0.3 is 10.2 Å². The van der Waals surface area contributed by atoms with E-state index in [0.717, 1.165) is 6.42 Å². The minimum absolute atomic E-state index is 0.110. The van der Waals surface area contributed by atoms with Gasteiger partial charge >= 0.3 is 0 Å². The highest BCUT2D eigenvalue weighted by Crippen LogP contribution is 2.38. The number of aromatic nitrogens is 1. The Morgan fingerprint density at radius 2 is 2.17 bits per heavy atom. The van der Waals surface area contributed by atoms with Crippen LogP contribution in [0.2, 0.25) is 0 Å². The highest BCUT2D eigenvalue weighted by molar-refractivity contribution is 5.31. The molecule has 0 aliphatic heterocycles. The number of hydrogen-bond donors (Lipinski definition) is 1. The summed E-state index contributed by atoms with van der Waals surface area (Å²) in [7, 11) is 6.37. The zero-order chi connectivity index (χ0) is 13.3. The van der Waals surface area contributed by atoms with Crippen molar-refractivity contribution in [3.05, 3.63) is 29.6 Å². The molecule has 18 heavy (non-hydrogen) atoms. The summed E-state index contributed by atoms with van der Waals surface area (Å²) in [5, 5.41) is 3.52. The van der Waals surface area contributed by atoms with Gasteiger partial charge in [-0.2, -0.15) is 0 Å². The van der Waals surface area contributed by atoms with E-state index in [4.69, 9.17) is 0 Å². The van der Waals surface area contributed by atoms with Gasteiger partial charge in [0.2, 0.25) is 0 Å². The number of aryl methyl sites for hydroxylation is 1. The third kappa shape index (κ3) is 2.17. The SMILES string of the molecule is CNC(C1CCc2cccnc21)C(C)(C)N(C)C. The predicted octanol–water partition coefficient (Wildman–Crippen LogP) is 2.04. The molecule has 1 aromatic heterocycles. The average Bonchev–Trinajstić information content (AvgIpc) is 2.74. The van der Waals surface area contributed by atoms with E-state index in [1.54, 1.807) is 0 Å². The molecule has 1 aliphatic rings. The van der Waals surface area contributed by atoms with Crippen LogP contribution < -0.4 is 5.32 Å². The fourth-order valence-electron chi connectivity index (χ4n) is 3.09. The number of fused-ring (bicyclic) bond motifs is 1.